The molecule has 0 bridgehead atoms. The van der Waals surface area contributed by atoms with E-state index in [0.717, 1.165) is 32.5 Å². The maximum absolute atomic E-state index is 12.7. The monoisotopic (exact) mass is 408 g/mol. The van der Waals surface area contributed by atoms with Crippen molar-refractivity contribution in [2.45, 2.75) is 19.4 Å². The van der Waals surface area contributed by atoms with Crippen LogP contribution in [0.15, 0.2) is 48.5 Å². The van der Waals surface area contributed by atoms with Crippen molar-refractivity contribution in [2.75, 3.05) is 24.7 Å². The Morgan fingerprint density at radius 1 is 1.10 bits per heavy atom. The van der Waals surface area contributed by atoms with Crippen molar-refractivity contribution < 1.29 is 19.1 Å². The van der Waals surface area contributed by atoms with Gasteiger partial charge in [0, 0.05) is 12.6 Å². The number of ether oxygens (including phenoxy) is 1. The lowest BCUT2D eigenvalue weighted by Crippen LogP contribution is -2.48. The SMILES string of the molecule is NC(=O)N1CNC(=O)c2ccc(OC(=O)C3CCN(Cc4ccccc4)CC3)cc21. The van der Waals surface area contributed by atoms with Crippen LogP contribution in [-0.4, -0.2) is 42.6 Å². The van der Waals surface area contributed by atoms with E-state index in [9.17, 15) is 14.4 Å². The summed E-state index contributed by atoms with van der Waals surface area (Å²) >= 11 is 0. The summed E-state index contributed by atoms with van der Waals surface area (Å²) in [5, 5.41) is 2.58. The molecule has 2 aromatic rings. The summed E-state index contributed by atoms with van der Waals surface area (Å²) in [6, 6.07) is 14.2. The number of anilines is 1. The number of esters is 1. The molecule has 1 saturated heterocycles. The molecule has 0 spiro atoms. The van der Waals surface area contributed by atoms with Crippen molar-refractivity contribution >= 4 is 23.6 Å². The predicted molar refractivity (Wildman–Crippen MR) is 111 cm³/mol. The summed E-state index contributed by atoms with van der Waals surface area (Å²) in [6.07, 6.45) is 1.46. The van der Waals surface area contributed by atoms with Crippen LogP contribution in [-0.2, 0) is 11.3 Å². The molecular weight excluding hydrogens is 384 g/mol. The van der Waals surface area contributed by atoms with Gasteiger partial charge in [0.1, 0.15) is 5.75 Å². The van der Waals surface area contributed by atoms with E-state index < -0.39 is 6.03 Å². The smallest absolute Gasteiger partial charge is 0.320 e. The van der Waals surface area contributed by atoms with Crippen LogP contribution in [0.25, 0.3) is 0 Å². The number of piperidine rings is 1. The molecule has 2 aliphatic rings. The first-order valence-corrected chi connectivity index (χ1v) is 9.98. The summed E-state index contributed by atoms with van der Waals surface area (Å²) in [5.41, 5.74) is 7.30. The number of rotatable bonds is 4. The lowest BCUT2D eigenvalue weighted by atomic mass is 9.96. The van der Waals surface area contributed by atoms with Gasteiger partial charge >= 0.3 is 12.0 Å². The third-order valence-corrected chi connectivity index (χ3v) is 5.56. The second-order valence-electron chi connectivity index (χ2n) is 7.57. The number of nitrogens with one attached hydrogen (secondary N) is 1. The standard InChI is InChI=1S/C22H24N4O4/c23-22(29)26-14-24-20(27)18-7-6-17(12-19(18)26)30-21(28)16-8-10-25(11-9-16)13-15-4-2-1-3-5-15/h1-7,12,16H,8-11,13-14H2,(H2,23,29)(H,24,27). The van der Waals surface area contributed by atoms with Gasteiger partial charge < -0.3 is 15.8 Å². The van der Waals surface area contributed by atoms with E-state index in [-0.39, 0.29) is 24.5 Å². The third-order valence-electron chi connectivity index (χ3n) is 5.56. The minimum Gasteiger partial charge on any atom is -0.426 e. The number of likely N-dealkylation sites (tertiary alicyclic amines) is 1. The first kappa shape index (κ1) is 19.9. The van der Waals surface area contributed by atoms with Crippen LogP contribution in [0.3, 0.4) is 0 Å². The van der Waals surface area contributed by atoms with Gasteiger partial charge in [0.25, 0.3) is 5.91 Å². The molecule has 0 aliphatic carbocycles. The van der Waals surface area contributed by atoms with Crippen LogP contribution in [0.2, 0.25) is 0 Å². The van der Waals surface area contributed by atoms with E-state index in [1.807, 2.05) is 18.2 Å². The molecule has 156 valence electrons. The van der Waals surface area contributed by atoms with E-state index in [1.165, 1.54) is 22.6 Å². The van der Waals surface area contributed by atoms with Crippen LogP contribution >= 0.6 is 0 Å². The molecule has 2 aliphatic heterocycles. The van der Waals surface area contributed by atoms with E-state index in [1.54, 1.807) is 6.07 Å². The summed E-state index contributed by atoms with van der Waals surface area (Å²) in [7, 11) is 0. The molecule has 2 heterocycles. The first-order valence-electron chi connectivity index (χ1n) is 9.98. The fourth-order valence-electron chi connectivity index (χ4n) is 3.89. The van der Waals surface area contributed by atoms with E-state index >= 15 is 0 Å². The molecule has 1 fully saturated rings. The summed E-state index contributed by atoms with van der Waals surface area (Å²) in [5.74, 6) is -0.471. The molecule has 3 N–H and O–H groups in total. The Morgan fingerprint density at radius 3 is 2.53 bits per heavy atom. The number of primary amides is 1. The average molecular weight is 408 g/mol. The minimum absolute atomic E-state index is 0.0154. The van der Waals surface area contributed by atoms with Gasteiger partial charge in [-0.05, 0) is 43.6 Å². The van der Waals surface area contributed by atoms with Crippen LogP contribution in [0.1, 0.15) is 28.8 Å². The van der Waals surface area contributed by atoms with Crippen LogP contribution in [0.4, 0.5) is 10.5 Å². The molecule has 4 rings (SSSR count). The normalized spacial score (nSPS) is 17.2. The van der Waals surface area contributed by atoms with Crippen LogP contribution in [0, 0.1) is 5.92 Å². The maximum Gasteiger partial charge on any atom is 0.320 e. The molecular formula is C22H24N4O4. The van der Waals surface area contributed by atoms with E-state index in [2.05, 4.69) is 22.3 Å². The maximum atomic E-state index is 12.7. The summed E-state index contributed by atoms with van der Waals surface area (Å²) in [4.78, 5) is 39.9. The number of amides is 3. The molecule has 8 heteroatoms. The zero-order chi connectivity index (χ0) is 21.1. The zero-order valence-corrected chi connectivity index (χ0v) is 16.5. The molecule has 3 amide bonds. The van der Waals surface area contributed by atoms with Gasteiger partial charge in [-0.25, -0.2) is 4.79 Å². The van der Waals surface area contributed by atoms with Gasteiger partial charge in [-0.3, -0.25) is 19.4 Å². The molecule has 0 radical (unpaired) electrons. The number of benzene rings is 2. The summed E-state index contributed by atoms with van der Waals surface area (Å²) < 4.78 is 5.57. The lowest BCUT2D eigenvalue weighted by molar-refractivity contribution is -0.140. The van der Waals surface area contributed by atoms with Gasteiger partial charge in [-0.1, -0.05) is 30.3 Å². The quantitative estimate of drug-likeness (QED) is 0.595. The highest BCUT2D eigenvalue weighted by molar-refractivity contribution is 6.07. The number of urea groups is 1. The Labute approximate surface area is 174 Å². The highest BCUT2D eigenvalue weighted by Gasteiger charge is 2.29. The van der Waals surface area contributed by atoms with Crippen molar-refractivity contribution in [3.63, 3.8) is 0 Å². The van der Waals surface area contributed by atoms with Gasteiger partial charge in [0.2, 0.25) is 0 Å². The van der Waals surface area contributed by atoms with E-state index in [0.29, 0.717) is 17.0 Å². The van der Waals surface area contributed by atoms with Crippen molar-refractivity contribution in [3.8, 4) is 5.75 Å². The van der Waals surface area contributed by atoms with E-state index in [4.69, 9.17) is 10.5 Å². The number of hydrogen-bond donors (Lipinski definition) is 2. The fourth-order valence-corrected chi connectivity index (χ4v) is 3.89. The number of nitrogens with zero attached hydrogens (tertiary/aromatic N) is 2. The summed E-state index contributed by atoms with van der Waals surface area (Å²) in [6.45, 7) is 2.51. The molecule has 0 aromatic heterocycles. The van der Waals surface area contributed by atoms with Crippen molar-refractivity contribution in [2.24, 2.45) is 11.7 Å². The highest BCUT2D eigenvalue weighted by Crippen LogP contribution is 2.29. The third kappa shape index (κ3) is 4.28. The van der Waals surface area contributed by atoms with Crippen LogP contribution in [0.5, 0.6) is 5.75 Å². The minimum atomic E-state index is -0.689. The number of carbonyl (C=O) groups is 3. The first-order chi connectivity index (χ1) is 14.5. The lowest BCUT2D eigenvalue weighted by Gasteiger charge is -2.31. The molecule has 0 atom stereocenters. The van der Waals surface area contributed by atoms with Gasteiger partial charge in [-0.2, -0.15) is 0 Å². The predicted octanol–water partition coefficient (Wildman–Crippen LogP) is 2.09. The second-order valence-corrected chi connectivity index (χ2v) is 7.57. The topological polar surface area (TPSA) is 105 Å². The Bertz CT molecular complexity index is 955. The Kier molecular flexibility index (Phi) is 5.67. The van der Waals surface area contributed by atoms with Crippen molar-refractivity contribution in [1.29, 1.82) is 0 Å². The average Bonchev–Trinajstić information content (AvgIpc) is 2.75. The Hall–Kier alpha value is -3.39. The largest absolute Gasteiger partial charge is 0.426 e. The number of nitrogens with two attached hydrogens (primary N) is 1. The van der Waals surface area contributed by atoms with Crippen molar-refractivity contribution in [3.05, 3.63) is 59.7 Å². The van der Waals surface area contributed by atoms with Crippen LogP contribution < -0.4 is 20.7 Å². The Morgan fingerprint density at radius 2 is 1.83 bits per heavy atom. The number of hydrogen-bond acceptors (Lipinski definition) is 5. The molecule has 0 unspecified atom stereocenters. The molecule has 30 heavy (non-hydrogen) atoms. The Balaban J connectivity index is 1.37. The highest BCUT2D eigenvalue weighted by atomic mass is 16.5. The van der Waals surface area contributed by atoms with Gasteiger partial charge in [0.15, 0.2) is 0 Å². The molecule has 8 nitrogen and oxygen atoms in total. The van der Waals surface area contributed by atoms with Crippen molar-refractivity contribution in [1.82, 2.24) is 10.2 Å². The number of carbonyl (C=O) groups excluding carboxylic acids is 3. The fraction of sp³-hybridized carbons (Fsp3) is 0.318. The number of fused-ring (bicyclic) bond motifs is 1. The van der Waals surface area contributed by atoms with Gasteiger partial charge in [-0.15, -0.1) is 0 Å². The van der Waals surface area contributed by atoms with Gasteiger partial charge in [0.05, 0.1) is 23.8 Å². The second kappa shape index (κ2) is 8.54. The zero-order valence-electron chi connectivity index (χ0n) is 16.5. The molecule has 2 aromatic carbocycles. The molecule has 0 saturated carbocycles.